The van der Waals surface area contributed by atoms with Crippen molar-refractivity contribution in [2.45, 2.75) is 13.3 Å². The van der Waals surface area contributed by atoms with Gasteiger partial charge >= 0.3 is 5.69 Å². The summed E-state index contributed by atoms with van der Waals surface area (Å²) in [4.78, 5) is 30.8. The van der Waals surface area contributed by atoms with Gasteiger partial charge in [-0.3, -0.25) is 13.9 Å². The highest BCUT2D eigenvalue weighted by Crippen LogP contribution is 2.07. The van der Waals surface area contributed by atoms with Crippen LogP contribution < -0.4 is 16.6 Å². The van der Waals surface area contributed by atoms with Crippen molar-refractivity contribution in [1.82, 2.24) is 19.1 Å². The molecular formula is C12H15N5O2. The minimum absolute atomic E-state index is 0.314. The molecule has 7 heteroatoms. The molecule has 2 N–H and O–H groups in total. The predicted octanol–water partition coefficient (Wildman–Crippen LogP) is -0.214. The number of hydrogen-bond donors (Lipinski definition) is 2. The second-order valence-corrected chi connectivity index (χ2v) is 4.09. The van der Waals surface area contributed by atoms with Gasteiger partial charge in [0.2, 0.25) is 5.95 Å². The molecule has 2 aromatic heterocycles. The van der Waals surface area contributed by atoms with Gasteiger partial charge in [0.1, 0.15) is 0 Å². The van der Waals surface area contributed by atoms with E-state index in [-0.39, 0.29) is 5.56 Å². The Morgan fingerprint density at radius 2 is 2.05 bits per heavy atom. The van der Waals surface area contributed by atoms with Gasteiger partial charge in [-0.2, -0.15) is 4.98 Å². The van der Waals surface area contributed by atoms with Crippen molar-refractivity contribution in [3.05, 3.63) is 20.8 Å². The number of aromatic nitrogens is 4. The molecule has 100 valence electrons. The highest BCUT2D eigenvalue weighted by atomic mass is 16.2. The zero-order valence-corrected chi connectivity index (χ0v) is 11.1. The van der Waals surface area contributed by atoms with Crippen LogP contribution in [0.2, 0.25) is 0 Å². The normalized spacial score (nSPS) is 10.3. The van der Waals surface area contributed by atoms with Crippen molar-refractivity contribution in [1.29, 1.82) is 0 Å². The van der Waals surface area contributed by atoms with Crippen LogP contribution in [-0.4, -0.2) is 25.6 Å². The van der Waals surface area contributed by atoms with Gasteiger partial charge in [0, 0.05) is 27.1 Å². The van der Waals surface area contributed by atoms with E-state index in [2.05, 4.69) is 27.1 Å². The second kappa shape index (κ2) is 5.02. The van der Waals surface area contributed by atoms with E-state index in [9.17, 15) is 9.59 Å². The largest absolute Gasteiger partial charge is 0.355 e. The van der Waals surface area contributed by atoms with Gasteiger partial charge < -0.3 is 10.3 Å². The van der Waals surface area contributed by atoms with Gasteiger partial charge in [-0.1, -0.05) is 0 Å². The van der Waals surface area contributed by atoms with Crippen LogP contribution in [0.3, 0.4) is 0 Å². The Labute approximate surface area is 109 Å². The molecule has 0 unspecified atom stereocenters. The van der Waals surface area contributed by atoms with Crippen LogP contribution in [0.25, 0.3) is 11.2 Å². The quantitative estimate of drug-likeness (QED) is 0.591. The molecule has 0 aliphatic rings. The number of aryl methyl sites for hydroxylation is 1. The van der Waals surface area contributed by atoms with E-state index in [1.165, 1.54) is 11.6 Å². The number of aromatic amines is 1. The molecule has 2 aromatic rings. The smallest absolute Gasteiger partial charge is 0.332 e. The van der Waals surface area contributed by atoms with Crippen molar-refractivity contribution in [3.63, 3.8) is 0 Å². The summed E-state index contributed by atoms with van der Waals surface area (Å²) >= 11 is 0. The number of fused-ring (bicyclic) bond motifs is 1. The lowest BCUT2D eigenvalue weighted by molar-refractivity contribution is 0.709. The van der Waals surface area contributed by atoms with Crippen molar-refractivity contribution in [2.75, 3.05) is 11.9 Å². The average molecular weight is 261 g/mol. The van der Waals surface area contributed by atoms with E-state index in [1.807, 2.05) is 0 Å². The summed E-state index contributed by atoms with van der Waals surface area (Å²) in [5, 5.41) is 3.03. The van der Waals surface area contributed by atoms with E-state index < -0.39 is 5.69 Å². The van der Waals surface area contributed by atoms with E-state index in [1.54, 1.807) is 14.0 Å². The van der Waals surface area contributed by atoms with Gasteiger partial charge in [0.15, 0.2) is 11.2 Å². The number of anilines is 1. The Morgan fingerprint density at radius 1 is 1.32 bits per heavy atom. The Bertz CT molecular complexity index is 785. The van der Waals surface area contributed by atoms with E-state index in [4.69, 9.17) is 0 Å². The zero-order chi connectivity index (χ0) is 14.0. The third kappa shape index (κ3) is 2.25. The summed E-state index contributed by atoms with van der Waals surface area (Å²) < 4.78 is 2.39. The van der Waals surface area contributed by atoms with Gasteiger partial charge in [0.05, 0.1) is 0 Å². The lowest BCUT2D eigenvalue weighted by Crippen LogP contribution is -2.36. The SMILES string of the molecule is CC#CCCNc1nc2c([nH]1)c(=O)n(C)c(=O)n2C. The number of rotatable bonds is 3. The first-order valence-electron chi connectivity index (χ1n) is 5.85. The Balaban J connectivity index is 2.43. The Kier molecular flexibility index (Phi) is 3.42. The highest BCUT2D eigenvalue weighted by Gasteiger charge is 2.12. The van der Waals surface area contributed by atoms with Crippen LogP contribution in [-0.2, 0) is 14.1 Å². The standard InChI is InChI=1S/C12H15N5O2/c1-4-5-6-7-13-11-14-8-9(15-11)16(2)12(19)17(3)10(8)18/h6-7H2,1-3H3,(H2,13,14,15). The van der Waals surface area contributed by atoms with Gasteiger partial charge in [-0.25, -0.2) is 4.79 Å². The molecule has 0 aromatic carbocycles. The van der Waals surface area contributed by atoms with Crippen LogP contribution in [0.15, 0.2) is 9.59 Å². The molecule has 0 spiro atoms. The van der Waals surface area contributed by atoms with E-state index in [0.717, 1.165) is 4.57 Å². The monoisotopic (exact) mass is 261 g/mol. The van der Waals surface area contributed by atoms with Gasteiger partial charge in [-0.15, -0.1) is 11.8 Å². The second-order valence-electron chi connectivity index (χ2n) is 4.09. The first kappa shape index (κ1) is 13.0. The third-order valence-corrected chi connectivity index (χ3v) is 2.81. The first-order valence-corrected chi connectivity index (χ1v) is 5.85. The van der Waals surface area contributed by atoms with E-state index in [0.29, 0.717) is 30.1 Å². The lowest BCUT2D eigenvalue weighted by atomic mass is 10.4. The van der Waals surface area contributed by atoms with Crippen molar-refractivity contribution in [2.24, 2.45) is 14.1 Å². The molecule has 19 heavy (non-hydrogen) atoms. The minimum atomic E-state index is -0.396. The topological polar surface area (TPSA) is 84.7 Å². The maximum Gasteiger partial charge on any atom is 0.332 e. The molecule has 0 saturated heterocycles. The molecule has 0 bridgehead atoms. The van der Waals surface area contributed by atoms with Gasteiger partial charge in [0.25, 0.3) is 5.56 Å². The number of H-pyrrole nitrogens is 1. The molecule has 2 rings (SSSR count). The fraction of sp³-hybridized carbons (Fsp3) is 0.417. The maximum absolute atomic E-state index is 11.9. The summed E-state index contributed by atoms with van der Waals surface area (Å²) in [5.41, 5.74) is -0.120. The van der Waals surface area contributed by atoms with Crippen LogP contribution in [0.5, 0.6) is 0 Å². The number of hydrogen-bond acceptors (Lipinski definition) is 4. The van der Waals surface area contributed by atoms with Gasteiger partial charge in [-0.05, 0) is 6.92 Å². The van der Waals surface area contributed by atoms with Crippen LogP contribution in [0.4, 0.5) is 5.95 Å². The van der Waals surface area contributed by atoms with Crippen molar-refractivity contribution >= 4 is 17.1 Å². The van der Waals surface area contributed by atoms with Crippen molar-refractivity contribution < 1.29 is 0 Å². The summed E-state index contributed by atoms with van der Waals surface area (Å²) in [6, 6.07) is 0. The summed E-state index contributed by atoms with van der Waals surface area (Å²) in [6.45, 7) is 2.40. The Hall–Kier alpha value is -2.49. The molecule has 0 saturated carbocycles. The number of nitrogens with zero attached hydrogens (tertiary/aromatic N) is 3. The predicted molar refractivity (Wildman–Crippen MR) is 73.1 cm³/mol. The first-order chi connectivity index (χ1) is 9.06. The average Bonchev–Trinajstić information content (AvgIpc) is 2.83. The summed E-state index contributed by atoms with van der Waals surface area (Å²) in [6.07, 6.45) is 0.685. The maximum atomic E-state index is 11.9. The molecule has 0 aliphatic carbocycles. The van der Waals surface area contributed by atoms with E-state index >= 15 is 0 Å². The van der Waals surface area contributed by atoms with Crippen LogP contribution >= 0.6 is 0 Å². The molecule has 7 nitrogen and oxygen atoms in total. The number of nitrogens with one attached hydrogen (secondary N) is 2. The molecule has 0 radical (unpaired) electrons. The minimum Gasteiger partial charge on any atom is -0.355 e. The molecule has 0 atom stereocenters. The lowest BCUT2D eigenvalue weighted by Gasteiger charge is -2.00. The molecule has 0 aliphatic heterocycles. The Morgan fingerprint density at radius 3 is 2.74 bits per heavy atom. The van der Waals surface area contributed by atoms with Crippen LogP contribution in [0.1, 0.15) is 13.3 Å². The molecule has 0 amide bonds. The summed E-state index contributed by atoms with van der Waals surface area (Å²) in [7, 11) is 3.02. The zero-order valence-electron chi connectivity index (χ0n) is 11.1. The van der Waals surface area contributed by atoms with Crippen molar-refractivity contribution in [3.8, 4) is 11.8 Å². The number of imidazole rings is 1. The molecule has 2 heterocycles. The fourth-order valence-electron chi connectivity index (χ4n) is 1.78. The third-order valence-electron chi connectivity index (χ3n) is 2.81. The summed E-state index contributed by atoms with van der Waals surface area (Å²) in [5.74, 6) is 6.18. The molecule has 0 fully saturated rings. The highest BCUT2D eigenvalue weighted by molar-refractivity contribution is 5.72. The van der Waals surface area contributed by atoms with Crippen LogP contribution in [0, 0.1) is 11.8 Å². The fourth-order valence-corrected chi connectivity index (χ4v) is 1.78. The molecular weight excluding hydrogens is 246 g/mol.